The van der Waals surface area contributed by atoms with Gasteiger partial charge in [-0.1, -0.05) is 0 Å². The summed E-state index contributed by atoms with van der Waals surface area (Å²) in [5, 5.41) is 4.36. The Morgan fingerprint density at radius 1 is 1.64 bits per heavy atom. The number of nitrogens with zero attached hydrogens (tertiary/aromatic N) is 2. The van der Waals surface area contributed by atoms with Crippen molar-refractivity contribution in [3.05, 3.63) is 10.9 Å². The third-order valence-corrected chi connectivity index (χ3v) is 1.18. The Morgan fingerprint density at radius 2 is 2.18 bits per heavy atom. The monoisotopic (exact) mass is 176 g/mol. The van der Waals surface area contributed by atoms with Gasteiger partial charge in [-0.05, 0) is 0 Å². The summed E-state index contributed by atoms with van der Waals surface area (Å²) in [6.45, 7) is 0.759. The van der Waals surface area contributed by atoms with E-state index in [0.717, 1.165) is 0 Å². The molecular weight excluding hydrogens is 164 g/mol. The van der Waals surface area contributed by atoms with Crippen molar-refractivity contribution in [1.29, 1.82) is 5.53 Å². The van der Waals surface area contributed by atoms with E-state index in [2.05, 4.69) is 17.7 Å². The molecule has 0 fully saturated rings. The molecule has 0 bridgehead atoms. The summed E-state index contributed by atoms with van der Waals surface area (Å²) < 4.78 is 0. The predicted octanol–water partition coefficient (Wildman–Crippen LogP) is -0.833. The highest BCUT2D eigenvalue weighted by molar-refractivity contribution is 7.84. The number of rotatable bonds is 4. The van der Waals surface area contributed by atoms with Gasteiger partial charge in [0.15, 0.2) is 5.82 Å². The molecule has 64 valence electrons. The highest BCUT2D eigenvalue weighted by Gasteiger charge is 2.05. The van der Waals surface area contributed by atoms with Crippen molar-refractivity contribution in [2.75, 3.05) is 13.1 Å². The van der Waals surface area contributed by atoms with Gasteiger partial charge in [-0.2, -0.15) is 0 Å². The number of hydrogen-bond acceptors (Lipinski definition) is 7. The third-order valence-electron chi connectivity index (χ3n) is 0.977. The topological polar surface area (TPSA) is 118 Å². The van der Waals surface area contributed by atoms with Crippen LogP contribution in [0.4, 0.5) is 0 Å². The zero-order chi connectivity index (χ0) is 8.85. The molecule has 0 aromatic rings. The van der Waals surface area contributed by atoms with Gasteiger partial charge >= 0.3 is 0 Å². The summed E-state index contributed by atoms with van der Waals surface area (Å²) in [4.78, 5) is 0. The van der Waals surface area contributed by atoms with Gasteiger partial charge in [0.1, 0.15) is 5.03 Å². The second kappa shape index (κ2) is 4.94. The zero-order valence-corrected chi connectivity index (χ0v) is 6.88. The summed E-state index contributed by atoms with van der Waals surface area (Å²) in [6, 6.07) is 0. The molecule has 0 spiro atoms. The molecule has 11 heavy (non-hydrogen) atoms. The summed E-state index contributed by atoms with van der Waals surface area (Å²) in [5.41, 5.74) is 17.1. The van der Waals surface area contributed by atoms with Gasteiger partial charge in [-0.25, -0.2) is 11.4 Å². The van der Waals surface area contributed by atoms with E-state index in [4.69, 9.17) is 22.8 Å². The van der Waals surface area contributed by atoms with Gasteiger partial charge in [0.05, 0.1) is 0 Å². The minimum Gasteiger partial charge on any atom is -0.391 e. The first-order valence-corrected chi connectivity index (χ1v) is 3.36. The third kappa shape index (κ3) is 3.21. The van der Waals surface area contributed by atoms with Gasteiger partial charge in [0, 0.05) is 13.1 Å². The Labute approximate surface area is 70.3 Å². The lowest BCUT2D eigenvalue weighted by molar-refractivity contribution is 0.357. The van der Waals surface area contributed by atoms with E-state index in [1.165, 1.54) is 5.01 Å². The van der Waals surface area contributed by atoms with E-state index >= 15 is 0 Å². The maximum absolute atomic E-state index is 6.67. The molecular formula is C4H12N6S. The van der Waals surface area contributed by atoms with Crippen molar-refractivity contribution < 1.29 is 0 Å². The number of nitrogens with two attached hydrogens (primary N) is 3. The highest BCUT2D eigenvalue weighted by Crippen LogP contribution is 2.05. The summed E-state index contributed by atoms with van der Waals surface area (Å²) in [6.07, 6.45) is 0. The van der Waals surface area contributed by atoms with Crippen molar-refractivity contribution in [3.8, 4) is 0 Å². The fourth-order valence-electron chi connectivity index (χ4n) is 0.514. The number of hydrazine groups is 1. The molecule has 6 nitrogen and oxygen atoms in total. The molecule has 0 amide bonds. The molecule has 7 N–H and O–H groups in total. The fourth-order valence-corrected chi connectivity index (χ4v) is 0.692. The van der Waals surface area contributed by atoms with Crippen molar-refractivity contribution in [2.24, 2.45) is 22.4 Å². The largest absolute Gasteiger partial charge is 0.391 e. The van der Waals surface area contributed by atoms with Crippen LogP contribution in [-0.4, -0.2) is 18.1 Å². The van der Waals surface area contributed by atoms with Crippen LogP contribution in [0.3, 0.4) is 0 Å². The van der Waals surface area contributed by atoms with Gasteiger partial charge in [-0.3, -0.25) is 5.01 Å². The number of thiol groups is 1. The minimum atomic E-state index is 0.107. The molecule has 0 aliphatic rings. The average Bonchev–Trinajstić information content (AvgIpc) is 1.88. The van der Waals surface area contributed by atoms with Crippen LogP contribution in [0, 0.1) is 5.53 Å². The van der Waals surface area contributed by atoms with Gasteiger partial charge < -0.3 is 11.5 Å². The summed E-state index contributed by atoms with van der Waals surface area (Å²) in [7, 11) is 0. The van der Waals surface area contributed by atoms with Crippen LogP contribution >= 0.6 is 12.6 Å². The molecule has 7 heteroatoms. The standard InChI is InChI=1S/C4H12N6S/c5-1-2-10(8)4(9-7)3(6)11/h7,11H,1-2,5-6,8H2/b4-3-,9-7?. The van der Waals surface area contributed by atoms with Crippen molar-refractivity contribution in [2.45, 2.75) is 0 Å². The second-order valence-corrected chi connectivity index (χ2v) is 2.28. The van der Waals surface area contributed by atoms with E-state index in [1.807, 2.05) is 0 Å². The fraction of sp³-hybridized carbons (Fsp3) is 0.500. The average molecular weight is 176 g/mol. The molecule has 0 aromatic carbocycles. The van der Waals surface area contributed by atoms with Crippen LogP contribution in [0.2, 0.25) is 0 Å². The molecule has 0 unspecified atom stereocenters. The van der Waals surface area contributed by atoms with Crippen LogP contribution in [0.1, 0.15) is 0 Å². The van der Waals surface area contributed by atoms with Crippen LogP contribution < -0.4 is 17.3 Å². The van der Waals surface area contributed by atoms with Gasteiger partial charge in [0.25, 0.3) is 0 Å². The van der Waals surface area contributed by atoms with Crippen molar-refractivity contribution >= 4 is 12.6 Å². The Bertz CT molecular complexity index is 162. The van der Waals surface area contributed by atoms with Crippen LogP contribution in [0.5, 0.6) is 0 Å². The first-order chi connectivity index (χ1) is 5.13. The van der Waals surface area contributed by atoms with E-state index in [0.29, 0.717) is 13.1 Å². The molecule has 0 aliphatic heterocycles. The minimum absolute atomic E-state index is 0.107. The Hall–Kier alpha value is -0.790. The second-order valence-electron chi connectivity index (χ2n) is 1.80. The van der Waals surface area contributed by atoms with Crippen molar-refractivity contribution in [1.82, 2.24) is 5.01 Å². The van der Waals surface area contributed by atoms with E-state index in [9.17, 15) is 0 Å². The Morgan fingerprint density at radius 3 is 2.45 bits per heavy atom. The molecule has 0 heterocycles. The Kier molecular flexibility index (Phi) is 4.59. The van der Waals surface area contributed by atoms with Crippen molar-refractivity contribution in [3.63, 3.8) is 0 Å². The molecule has 0 saturated heterocycles. The summed E-state index contributed by atoms with van der Waals surface area (Å²) in [5.74, 6) is 5.52. The van der Waals surface area contributed by atoms with Crippen LogP contribution in [0.15, 0.2) is 16.0 Å². The molecule has 0 saturated carbocycles. The lowest BCUT2D eigenvalue weighted by Crippen LogP contribution is -2.35. The van der Waals surface area contributed by atoms with E-state index in [-0.39, 0.29) is 10.9 Å². The molecule has 0 radical (unpaired) electrons. The molecule has 0 aromatic heterocycles. The van der Waals surface area contributed by atoms with E-state index < -0.39 is 0 Å². The molecule has 0 aliphatic carbocycles. The van der Waals surface area contributed by atoms with Crippen LogP contribution in [-0.2, 0) is 0 Å². The highest BCUT2D eigenvalue weighted by atomic mass is 32.1. The number of hydrogen-bond donors (Lipinski definition) is 5. The lowest BCUT2D eigenvalue weighted by Gasteiger charge is -2.16. The van der Waals surface area contributed by atoms with Gasteiger partial charge in [-0.15, -0.1) is 17.7 Å². The number of nitrogens with one attached hydrogen (secondary N) is 1. The first kappa shape index (κ1) is 10.2. The van der Waals surface area contributed by atoms with Crippen LogP contribution in [0.25, 0.3) is 0 Å². The maximum Gasteiger partial charge on any atom is 0.194 e. The SMILES string of the molecule is N=N/C(=C(\N)S)N(N)CCN. The predicted molar refractivity (Wildman–Crippen MR) is 45.3 cm³/mol. The maximum atomic E-state index is 6.67. The summed E-state index contributed by atoms with van der Waals surface area (Å²) >= 11 is 3.79. The van der Waals surface area contributed by atoms with E-state index in [1.54, 1.807) is 0 Å². The molecule has 0 atom stereocenters. The lowest BCUT2D eigenvalue weighted by atomic mass is 10.6. The first-order valence-electron chi connectivity index (χ1n) is 2.92. The van der Waals surface area contributed by atoms with Gasteiger partial charge in [0.2, 0.25) is 0 Å². The quantitative estimate of drug-likeness (QED) is 0.166. The zero-order valence-electron chi connectivity index (χ0n) is 5.99. The molecule has 0 rings (SSSR count). The normalized spacial score (nSPS) is 12.3. The Balaban J connectivity index is 4.27. The smallest absolute Gasteiger partial charge is 0.194 e.